The molecule has 0 bridgehead atoms. The van der Waals surface area contributed by atoms with Gasteiger partial charge in [0.15, 0.2) is 0 Å². The van der Waals surface area contributed by atoms with E-state index < -0.39 is 30.0 Å². The Bertz CT molecular complexity index is 319. The number of urea groups is 1. The van der Waals surface area contributed by atoms with Gasteiger partial charge in [-0.3, -0.25) is 4.79 Å². The van der Waals surface area contributed by atoms with Crippen molar-refractivity contribution in [1.29, 1.82) is 0 Å². The lowest BCUT2D eigenvalue weighted by Gasteiger charge is -2.23. The van der Waals surface area contributed by atoms with Crippen molar-refractivity contribution in [3.8, 4) is 0 Å². The molecule has 0 aromatic heterocycles. The molecule has 18 heavy (non-hydrogen) atoms. The van der Waals surface area contributed by atoms with Gasteiger partial charge in [0.2, 0.25) is 5.91 Å². The van der Waals surface area contributed by atoms with Crippen LogP contribution in [0, 0.1) is 5.92 Å². The maximum atomic E-state index is 11.9. The van der Waals surface area contributed by atoms with Crippen molar-refractivity contribution in [2.75, 3.05) is 7.11 Å². The van der Waals surface area contributed by atoms with Crippen LogP contribution in [0.4, 0.5) is 4.79 Å². The molecule has 0 radical (unpaired) electrons. The van der Waals surface area contributed by atoms with Gasteiger partial charge in [-0.15, -0.1) is 0 Å². The van der Waals surface area contributed by atoms with Crippen molar-refractivity contribution in [3.63, 3.8) is 0 Å². The molecule has 4 N–H and O–H groups in total. The molecule has 7 heteroatoms. The minimum absolute atomic E-state index is 0.0950. The Kier molecular flexibility index (Phi) is 6.77. The predicted octanol–water partition coefficient (Wildman–Crippen LogP) is -0.253. The molecule has 0 aliphatic carbocycles. The van der Waals surface area contributed by atoms with E-state index in [0.717, 1.165) is 0 Å². The van der Waals surface area contributed by atoms with Crippen LogP contribution in [0.5, 0.6) is 0 Å². The fourth-order valence-electron chi connectivity index (χ4n) is 1.39. The summed E-state index contributed by atoms with van der Waals surface area (Å²) in [6.45, 7) is 5.20. The highest BCUT2D eigenvalue weighted by molar-refractivity contribution is 5.90. The van der Waals surface area contributed by atoms with Crippen molar-refractivity contribution in [3.05, 3.63) is 0 Å². The number of amides is 3. The first-order valence-electron chi connectivity index (χ1n) is 5.77. The molecule has 104 valence electrons. The normalized spacial score (nSPS) is 15.1. The van der Waals surface area contributed by atoms with E-state index >= 15 is 0 Å². The molecule has 0 fully saturated rings. The molecule has 0 heterocycles. The molecule has 0 aliphatic heterocycles. The van der Waals surface area contributed by atoms with Crippen LogP contribution in [0.1, 0.15) is 27.2 Å². The second kappa shape index (κ2) is 7.52. The van der Waals surface area contributed by atoms with Crippen LogP contribution >= 0.6 is 0 Å². The largest absolute Gasteiger partial charge is 0.467 e. The molecule has 0 saturated carbocycles. The van der Waals surface area contributed by atoms with Gasteiger partial charge < -0.3 is 21.1 Å². The Morgan fingerprint density at radius 3 is 2.17 bits per heavy atom. The van der Waals surface area contributed by atoms with E-state index in [1.165, 1.54) is 14.0 Å². The molecule has 0 aromatic carbocycles. The molecule has 3 amide bonds. The molecule has 0 saturated heterocycles. The van der Waals surface area contributed by atoms with Crippen molar-refractivity contribution in [2.24, 2.45) is 11.7 Å². The first kappa shape index (κ1) is 16.2. The molecular formula is C11H21N3O4. The summed E-state index contributed by atoms with van der Waals surface area (Å²) >= 11 is 0. The molecule has 0 aliphatic rings. The van der Waals surface area contributed by atoms with E-state index in [1.807, 2.05) is 13.8 Å². The highest BCUT2D eigenvalue weighted by Gasteiger charge is 2.27. The second-order valence-electron chi connectivity index (χ2n) is 4.13. The summed E-state index contributed by atoms with van der Waals surface area (Å²) in [5.41, 5.74) is 5.02. The lowest BCUT2D eigenvalue weighted by Crippen LogP contribution is -2.54. The zero-order valence-corrected chi connectivity index (χ0v) is 11.1. The number of carbonyl (C=O) groups excluding carboxylic acids is 3. The zero-order valence-electron chi connectivity index (χ0n) is 11.1. The van der Waals surface area contributed by atoms with E-state index in [-0.39, 0.29) is 5.92 Å². The summed E-state index contributed by atoms with van der Waals surface area (Å²) in [4.78, 5) is 34.0. The van der Waals surface area contributed by atoms with Gasteiger partial charge in [0.05, 0.1) is 7.11 Å². The van der Waals surface area contributed by atoms with Crippen LogP contribution in [0.2, 0.25) is 0 Å². The summed E-state index contributed by atoms with van der Waals surface area (Å²) in [6, 6.07) is -2.32. The lowest BCUT2D eigenvalue weighted by atomic mass is 9.98. The molecule has 3 atom stereocenters. The Morgan fingerprint density at radius 2 is 1.78 bits per heavy atom. The topological polar surface area (TPSA) is 111 Å². The third kappa shape index (κ3) is 5.03. The average Bonchev–Trinajstić information content (AvgIpc) is 2.33. The molecule has 3 unspecified atom stereocenters. The van der Waals surface area contributed by atoms with Gasteiger partial charge in [0, 0.05) is 0 Å². The lowest BCUT2D eigenvalue weighted by molar-refractivity contribution is -0.144. The van der Waals surface area contributed by atoms with Gasteiger partial charge in [0.1, 0.15) is 12.1 Å². The maximum Gasteiger partial charge on any atom is 0.328 e. The van der Waals surface area contributed by atoms with Gasteiger partial charge in [-0.25, -0.2) is 9.59 Å². The summed E-state index contributed by atoms with van der Waals surface area (Å²) in [5.74, 6) is -1.10. The van der Waals surface area contributed by atoms with Gasteiger partial charge in [0.25, 0.3) is 0 Å². The molecule has 0 rings (SSSR count). The number of esters is 1. The summed E-state index contributed by atoms with van der Waals surface area (Å²) in [6.07, 6.45) is 0.685. The van der Waals surface area contributed by atoms with E-state index in [0.29, 0.717) is 6.42 Å². The maximum absolute atomic E-state index is 11.9. The Morgan fingerprint density at radius 1 is 1.22 bits per heavy atom. The highest BCUT2D eigenvalue weighted by Crippen LogP contribution is 2.08. The molecule has 0 aromatic rings. The van der Waals surface area contributed by atoms with Crippen LogP contribution in [-0.4, -0.2) is 37.1 Å². The first-order chi connectivity index (χ1) is 8.33. The Balaban J connectivity index is 4.65. The molecular weight excluding hydrogens is 238 g/mol. The van der Waals surface area contributed by atoms with Gasteiger partial charge in [-0.2, -0.15) is 0 Å². The summed E-state index contributed by atoms with van der Waals surface area (Å²) < 4.78 is 4.49. The van der Waals surface area contributed by atoms with Crippen molar-refractivity contribution in [2.45, 2.75) is 39.3 Å². The smallest absolute Gasteiger partial charge is 0.328 e. The minimum Gasteiger partial charge on any atom is -0.467 e. The predicted molar refractivity (Wildman–Crippen MR) is 65.6 cm³/mol. The Hall–Kier alpha value is -1.79. The van der Waals surface area contributed by atoms with Crippen LogP contribution in [-0.2, 0) is 14.3 Å². The number of primary amides is 1. The first-order valence-corrected chi connectivity index (χ1v) is 5.77. The molecule has 0 spiro atoms. The summed E-state index contributed by atoms with van der Waals surface area (Å²) in [5, 5.41) is 4.83. The third-order valence-corrected chi connectivity index (χ3v) is 2.71. The van der Waals surface area contributed by atoms with Gasteiger partial charge in [-0.05, 0) is 12.8 Å². The van der Waals surface area contributed by atoms with Crippen LogP contribution in [0.3, 0.4) is 0 Å². The van der Waals surface area contributed by atoms with Crippen molar-refractivity contribution >= 4 is 17.9 Å². The standard InChI is InChI=1S/C11H21N3O4/c1-5-6(2)8(14-11(12)17)9(15)13-7(3)10(16)18-4/h6-8H,5H2,1-4H3,(H,13,15)(H3,12,14,17). The number of nitrogens with one attached hydrogen (secondary N) is 2. The van der Waals surface area contributed by atoms with Crippen molar-refractivity contribution in [1.82, 2.24) is 10.6 Å². The SMILES string of the molecule is CCC(C)C(NC(N)=O)C(=O)NC(C)C(=O)OC. The quantitative estimate of drug-likeness (QED) is 0.571. The summed E-state index contributed by atoms with van der Waals surface area (Å²) in [7, 11) is 1.23. The Labute approximate surface area is 106 Å². The van der Waals surface area contributed by atoms with Crippen LogP contribution in [0.15, 0.2) is 0 Å². The second-order valence-corrected chi connectivity index (χ2v) is 4.13. The van der Waals surface area contributed by atoms with Crippen molar-refractivity contribution < 1.29 is 19.1 Å². The fraction of sp³-hybridized carbons (Fsp3) is 0.727. The van der Waals surface area contributed by atoms with Gasteiger partial charge in [-0.1, -0.05) is 20.3 Å². The van der Waals surface area contributed by atoms with Gasteiger partial charge >= 0.3 is 12.0 Å². The van der Waals surface area contributed by atoms with Crippen LogP contribution in [0.25, 0.3) is 0 Å². The van der Waals surface area contributed by atoms with E-state index in [9.17, 15) is 14.4 Å². The van der Waals surface area contributed by atoms with E-state index in [2.05, 4.69) is 15.4 Å². The number of rotatable bonds is 6. The number of methoxy groups -OCH3 is 1. The third-order valence-electron chi connectivity index (χ3n) is 2.71. The van der Waals surface area contributed by atoms with E-state index in [1.54, 1.807) is 0 Å². The number of nitrogens with two attached hydrogens (primary N) is 1. The number of hydrogen-bond acceptors (Lipinski definition) is 4. The minimum atomic E-state index is -0.777. The zero-order chi connectivity index (χ0) is 14.3. The fourth-order valence-corrected chi connectivity index (χ4v) is 1.39. The average molecular weight is 259 g/mol. The number of carbonyl (C=O) groups is 3. The number of hydrogen-bond donors (Lipinski definition) is 3. The molecule has 7 nitrogen and oxygen atoms in total. The van der Waals surface area contributed by atoms with E-state index in [4.69, 9.17) is 5.73 Å². The highest BCUT2D eigenvalue weighted by atomic mass is 16.5. The number of ether oxygens (including phenoxy) is 1. The van der Waals surface area contributed by atoms with Crippen LogP contribution < -0.4 is 16.4 Å². The monoisotopic (exact) mass is 259 g/mol.